The molecule has 0 fully saturated rings. The van der Waals surface area contributed by atoms with Crippen molar-refractivity contribution in [2.75, 3.05) is 17.7 Å². The second kappa shape index (κ2) is 10.2. The van der Waals surface area contributed by atoms with Crippen LogP contribution in [0.15, 0.2) is 30.3 Å². The predicted molar refractivity (Wildman–Crippen MR) is 119 cm³/mol. The summed E-state index contributed by atoms with van der Waals surface area (Å²) in [6.07, 6.45) is 4.70. The average Bonchev–Trinajstić information content (AvgIpc) is 2.87. The number of hydrogen-bond acceptors (Lipinski definition) is 6. The first-order valence-electron chi connectivity index (χ1n) is 10.3. The molecule has 30 heavy (non-hydrogen) atoms. The van der Waals surface area contributed by atoms with E-state index in [-0.39, 0.29) is 24.5 Å². The minimum Gasteiger partial charge on any atom is -0.462 e. The summed E-state index contributed by atoms with van der Waals surface area (Å²) in [6, 6.07) is 8.90. The molecule has 1 aliphatic carbocycles. The highest BCUT2D eigenvalue weighted by atomic mass is 32.2. The Balaban J connectivity index is 1.69. The van der Waals surface area contributed by atoms with Crippen LogP contribution in [0.3, 0.4) is 0 Å². The van der Waals surface area contributed by atoms with Gasteiger partial charge in [-0.3, -0.25) is 4.79 Å². The fourth-order valence-corrected chi connectivity index (χ4v) is 6.22. The molecule has 0 spiro atoms. The summed E-state index contributed by atoms with van der Waals surface area (Å²) < 4.78 is 29.9. The summed E-state index contributed by atoms with van der Waals surface area (Å²) in [7, 11) is -3.41. The maximum absolute atomic E-state index is 12.5. The molecule has 0 saturated heterocycles. The van der Waals surface area contributed by atoms with E-state index in [0.29, 0.717) is 16.1 Å². The Morgan fingerprint density at radius 2 is 1.83 bits per heavy atom. The van der Waals surface area contributed by atoms with Gasteiger partial charge in [-0.05, 0) is 43.7 Å². The van der Waals surface area contributed by atoms with E-state index in [1.165, 1.54) is 11.3 Å². The van der Waals surface area contributed by atoms with Gasteiger partial charge in [0, 0.05) is 11.3 Å². The third-order valence-corrected chi connectivity index (χ3v) is 7.83. The molecule has 8 heteroatoms. The lowest BCUT2D eigenvalue weighted by Gasteiger charge is -2.09. The van der Waals surface area contributed by atoms with Crippen LogP contribution >= 0.6 is 11.3 Å². The van der Waals surface area contributed by atoms with E-state index in [1.807, 2.05) is 6.07 Å². The lowest BCUT2D eigenvalue weighted by molar-refractivity contribution is -0.115. The molecule has 1 N–H and O–H groups in total. The highest BCUT2D eigenvalue weighted by Crippen LogP contribution is 2.38. The number of nitrogens with one attached hydrogen (secondary N) is 1. The summed E-state index contributed by atoms with van der Waals surface area (Å²) >= 11 is 1.41. The van der Waals surface area contributed by atoms with Crippen LogP contribution in [-0.4, -0.2) is 32.7 Å². The number of carbonyl (C=O) groups excluding carboxylic acids is 2. The Hall–Kier alpha value is -2.19. The van der Waals surface area contributed by atoms with Crippen LogP contribution in [0.25, 0.3) is 0 Å². The van der Waals surface area contributed by atoms with Crippen LogP contribution in [0.1, 0.15) is 59.0 Å². The molecule has 1 amide bonds. The zero-order valence-corrected chi connectivity index (χ0v) is 18.7. The Labute approximate surface area is 181 Å². The summed E-state index contributed by atoms with van der Waals surface area (Å²) in [5, 5.41) is 3.26. The zero-order valence-electron chi connectivity index (χ0n) is 17.1. The van der Waals surface area contributed by atoms with Crippen molar-refractivity contribution >= 4 is 38.1 Å². The Morgan fingerprint density at radius 3 is 2.57 bits per heavy atom. The first-order valence-corrected chi connectivity index (χ1v) is 12.9. The first-order chi connectivity index (χ1) is 14.4. The average molecular weight is 450 g/mol. The zero-order chi connectivity index (χ0) is 21.6. The van der Waals surface area contributed by atoms with Crippen LogP contribution in [0.5, 0.6) is 0 Å². The number of fused-ring (bicyclic) bond motifs is 1. The van der Waals surface area contributed by atoms with Gasteiger partial charge in [-0.25, -0.2) is 13.2 Å². The maximum Gasteiger partial charge on any atom is 0.341 e. The molecule has 162 valence electrons. The van der Waals surface area contributed by atoms with Crippen LogP contribution in [0, 0.1) is 0 Å². The SMILES string of the molecule is CCOC(=O)c1c(NC(=O)CCS(=O)(=O)Cc2ccccc2)sc2c1CCCCC2. The van der Waals surface area contributed by atoms with Crippen molar-refractivity contribution < 1.29 is 22.7 Å². The van der Waals surface area contributed by atoms with Gasteiger partial charge in [-0.1, -0.05) is 36.8 Å². The molecule has 2 aromatic rings. The van der Waals surface area contributed by atoms with Crippen LogP contribution < -0.4 is 5.32 Å². The van der Waals surface area contributed by atoms with Crippen molar-refractivity contribution in [3.63, 3.8) is 0 Å². The molecule has 0 unspecified atom stereocenters. The standard InChI is InChI=1S/C22H27NO5S2/c1-2-28-22(25)20-17-11-7-4-8-12-18(17)29-21(20)23-19(24)13-14-30(26,27)15-16-9-5-3-6-10-16/h3,5-6,9-10H,2,4,7-8,11-15H2,1H3,(H,23,24). The molecule has 0 radical (unpaired) electrons. The van der Waals surface area contributed by atoms with Gasteiger partial charge in [0.25, 0.3) is 0 Å². The number of anilines is 1. The quantitative estimate of drug-likeness (QED) is 0.483. The molecule has 1 aliphatic rings. The highest BCUT2D eigenvalue weighted by molar-refractivity contribution is 7.90. The highest BCUT2D eigenvalue weighted by Gasteiger charge is 2.27. The monoisotopic (exact) mass is 449 g/mol. The fraction of sp³-hybridized carbons (Fsp3) is 0.455. The van der Waals surface area contributed by atoms with Crippen LogP contribution in [0.2, 0.25) is 0 Å². The van der Waals surface area contributed by atoms with E-state index in [1.54, 1.807) is 31.2 Å². The lowest BCUT2D eigenvalue weighted by Crippen LogP contribution is -2.19. The van der Waals surface area contributed by atoms with E-state index in [4.69, 9.17) is 4.74 Å². The minimum absolute atomic E-state index is 0.0947. The van der Waals surface area contributed by atoms with Gasteiger partial charge in [-0.15, -0.1) is 11.3 Å². The van der Waals surface area contributed by atoms with Crippen molar-refractivity contribution in [1.82, 2.24) is 0 Å². The minimum atomic E-state index is -3.41. The first kappa shape index (κ1) is 22.5. The van der Waals surface area contributed by atoms with Crippen LogP contribution in [0.4, 0.5) is 5.00 Å². The number of amides is 1. The van der Waals surface area contributed by atoms with Gasteiger partial charge in [-0.2, -0.15) is 0 Å². The second-order valence-electron chi connectivity index (χ2n) is 7.36. The van der Waals surface area contributed by atoms with Gasteiger partial charge in [0.1, 0.15) is 5.00 Å². The fourth-order valence-electron chi connectivity index (χ4n) is 3.59. The molecular weight excluding hydrogens is 422 g/mol. The smallest absolute Gasteiger partial charge is 0.341 e. The maximum atomic E-state index is 12.5. The van der Waals surface area contributed by atoms with Crippen molar-refractivity contribution in [2.45, 2.75) is 51.2 Å². The molecule has 1 aromatic carbocycles. The van der Waals surface area contributed by atoms with Crippen LogP contribution in [-0.2, 0) is 38.0 Å². The van der Waals surface area contributed by atoms with Gasteiger partial charge in [0.2, 0.25) is 5.91 Å². The number of hydrogen-bond donors (Lipinski definition) is 1. The molecule has 1 heterocycles. The van der Waals surface area contributed by atoms with Crippen molar-refractivity contribution in [3.8, 4) is 0 Å². The number of benzene rings is 1. The second-order valence-corrected chi connectivity index (χ2v) is 10.7. The van der Waals surface area contributed by atoms with Crippen molar-refractivity contribution in [1.29, 1.82) is 0 Å². The van der Waals surface area contributed by atoms with E-state index < -0.39 is 21.7 Å². The predicted octanol–water partition coefficient (Wildman–Crippen LogP) is 4.14. The Bertz CT molecular complexity index is 996. The van der Waals surface area contributed by atoms with Gasteiger partial charge < -0.3 is 10.1 Å². The molecule has 0 bridgehead atoms. The van der Waals surface area contributed by atoms with Crippen molar-refractivity contribution in [2.24, 2.45) is 0 Å². The Kier molecular flexibility index (Phi) is 7.66. The third-order valence-electron chi connectivity index (χ3n) is 5.02. The number of rotatable bonds is 8. The molecule has 0 aliphatic heterocycles. The largest absolute Gasteiger partial charge is 0.462 e. The molecule has 0 atom stereocenters. The molecule has 0 saturated carbocycles. The summed E-state index contributed by atoms with van der Waals surface area (Å²) in [5.74, 6) is -1.17. The van der Waals surface area contributed by atoms with Crippen molar-refractivity contribution in [3.05, 3.63) is 51.9 Å². The topological polar surface area (TPSA) is 89.5 Å². The molecule has 6 nitrogen and oxygen atoms in total. The Morgan fingerprint density at radius 1 is 1.10 bits per heavy atom. The number of thiophene rings is 1. The molecule has 3 rings (SSSR count). The van der Waals surface area contributed by atoms with E-state index in [2.05, 4.69) is 5.32 Å². The number of ether oxygens (including phenoxy) is 1. The summed E-state index contributed by atoms with van der Waals surface area (Å²) in [6.45, 7) is 2.01. The number of sulfone groups is 1. The number of carbonyl (C=O) groups is 2. The lowest BCUT2D eigenvalue weighted by atomic mass is 10.1. The number of aryl methyl sites for hydroxylation is 1. The molecular formula is C22H27NO5S2. The van der Waals surface area contributed by atoms with Gasteiger partial charge in [0.15, 0.2) is 9.84 Å². The normalized spacial score (nSPS) is 13.9. The van der Waals surface area contributed by atoms with E-state index in [0.717, 1.165) is 42.5 Å². The summed E-state index contributed by atoms with van der Waals surface area (Å²) in [4.78, 5) is 26.2. The third kappa shape index (κ3) is 5.92. The van der Waals surface area contributed by atoms with E-state index in [9.17, 15) is 18.0 Å². The van der Waals surface area contributed by atoms with Gasteiger partial charge >= 0.3 is 5.97 Å². The van der Waals surface area contributed by atoms with Gasteiger partial charge in [0.05, 0.1) is 23.7 Å². The summed E-state index contributed by atoms with van der Waals surface area (Å²) in [5.41, 5.74) is 2.12. The molecule has 1 aromatic heterocycles. The number of esters is 1. The van der Waals surface area contributed by atoms with E-state index >= 15 is 0 Å².